The van der Waals surface area contributed by atoms with Crippen LogP contribution in [0, 0.1) is 0 Å². The molecule has 23 heavy (non-hydrogen) atoms. The van der Waals surface area contributed by atoms with Crippen molar-refractivity contribution >= 4 is 11.3 Å². The molecule has 0 unspecified atom stereocenters. The fourth-order valence-corrected chi connectivity index (χ4v) is 3.64. The van der Waals surface area contributed by atoms with Gasteiger partial charge in [0.1, 0.15) is 0 Å². The third-order valence-corrected chi connectivity index (χ3v) is 5.03. The van der Waals surface area contributed by atoms with Crippen molar-refractivity contribution in [3.8, 4) is 11.4 Å². The van der Waals surface area contributed by atoms with Crippen LogP contribution >= 0.6 is 11.3 Å². The van der Waals surface area contributed by atoms with Crippen molar-refractivity contribution in [2.75, 3.05) is 39.9 Å². The molecule has 0 N–H and O–H groups in total. The Hall–Kier alpha value is -1.28. The normalized spacial score (nSPS) is 20.2. The molecule has 0 aliphatic carbocycles. The summed E-state index contributed by atoms with van der Waals surface area (Å²) in [5.41, 5.74) is 1.03. The average Bonchev–Trinajstić information content (AvgIpc) is 3.24. The molecule has 0 amide bonds. The minimum Gasteiger partial charge on any atom is -0.383 e. The number of ether oxygens (including phenoxy) is 1. The largest absolute Gasteiger partial charge is 0.383 e. The molecule has 2 aromatic rings. The SMILES string of the molecule is CC[C@H]1CN(Cc2nc(-c3ccsc3)no2)CCN1CCOC. The number of hydrogen-bond acceptors (Lipinski definition) is 7. The highest BCUT2D eigenvalue weighted by Crippen LogP contribution is 2.20. The van der Waals surface area contributed by atoms with E-state index in [0.717, 1.165) is 51.3 Å². The quantitative estimate of drug-likeness (QED) is 0.773. The number of aromatic nitrogens is 2. The third-order valence-electron chi connectivity index (χ3n) is 4.35. The van der Waals surface area contributed by atoms with Crippen molar-refractivity contribution in [1.82, 2.24) is 19.9 Å². The van der Waals surface area contributed by atoms with Crippen molar-refractivity contribution in [1.29, 1.82) is 0 Å². The zero-order valence-corrected chi connectivity index (χ0v) is 14.6. The molecular weight excluding hydrogens is 312 g/mol. The van der Waals surface area contributed by atoms with Gasteiger partial charge < -0.3 is 9.26 Å². The van der Waals surface area contributed by atoms with Crippen molar-refractivity contribution in [3.63, 3.8) is 0 Å². The molecule has 0 spiro atoms. The topological polar surface area (TPSA) is 54.6 Å². The summed E-state index contributed by atoms with van der Waals surface area (Å²) in [7, 11) is 1.76. The summed E-state index contributed by atoms with van der Waals surface area (Å²) in [6.45, 7) is 7.90. The minimum atomic E-state index is 0.568. The Labute approximate surface area is 141 Å². The van der Waals surface area contributed by atoms with Gasteiger partial charge in [0.05, 0.1) is 13.2 Å². The van der Waals surface area contributed by atoms with Crippen LogP contribution in [0.2, 0.25) is 0 Å². The molecule has 0 saturated carbocycles. The van der Waals surface area contributed by atoms with E-state index in [4.69, 9.17) is 9.26 Å². The molecule has 1 aliphatic rings. The second-order valence-electron chi connectivity index (χ2n) is 5.85. The van der Waals surface area contributed by atoms with E-state index in [0.29, 0.717) is 17.8 Å². The maximum Gasteiger partial charge on any atom is 0.241 e. The Morgan fingerprint density at radius 3 is 3.09 bits per heavy atom. The smallest absolute Gasteiger partial charge is 0.241 e. The van der Waals surface area contributed by atoms with Gasteiger partial charge in [-0.3, -0.25) is 9.80 Å². The van der Waals surface area contributed by atoms with Crippen molar-refractivity contribution in [2.45, 2.75) is 25.9 Å². The fourth-order valence-electron chi connectivity index (χ4n) is 3.01. The number of rotatable bonds is 7. The Morgan fingerprint density at radius 2 is 2.35 bits per heavy atom. The molecule has 1 saturated heterocycles. The maximum absolute atomic E-state index is 5.42. The lowest BCUT2D eigenvalue weighted by Gasteiger charge is -2.40. The van der Waals surface area contributed by atoms with Crippen LogP contribution in [-0.4, -0.2) is 65.9 Å². The molecule has 1 fully saturated rings. The summed E-state index contributed by atoms with van der Waals surface area (Å²) in [6, 6.07) is 2.58. The maximum atomic E-state index is 5.42. The minimum absolute atomic E-state index is 0.568. The van der Waals surface area contributed by atoms with E-state index in [2.05, 4.69) is 26.9 Å². The number of hydrogen-bond donors (Lipinski definition) is 0. The van der Waals surface area contributed by atoms with Gasteiger partial charge in [-0.25, -0.2) is 0 Å². The zero-order chi connectivity index (χ0) is 16.1. The van der Waals surface area contributed by atoms with Crippen molar-refractivity contribution in [2.24, 2.45) is 0 Å². The van der Waals surface area contributed by atoms with Gasteiger partial charge in [-0.1, -0.05) is 12.1 Å². The zero-order valence-electron chi connectivity index (χ0n) is 13.8. The van der Waals surface area contributed by atoms with Gasteiger partial charge in [-0.05, 0) is 17.9 Å². The molecule has 7 heteroatoms. The van der Waals surface area contributed by atoms with Gasteiger partial charge in [0.25, 0.3) is 0 Å². The molecule has 0 bridgehead atoms. The van der Waals surface area contributed by atoms with Crippen LogP contribution in [0.25, 0.3) is 11.4 Å². The first-order chi connectivity index (χ1) is 11.3. The molecule has 0 aromatic carbocycles. The van der Waals surface area contributed by atoms with E-state index in [1.54, 1.807) is 18.4 Å². The van der Waals surface area contributed by atoms with Gasteiger partial charge in [0, 0.05) is 50.3 Å². The van der Waals surface area contributed by atoms with Crippen LogP contribution in [0.5, 0.6) is 0 Å². The molecule has 126 valence electrons. The fraction of sp³-hybridized carbons (Fsp3) is 0.625. The van der Waals surface area contributed by atoms with Gasteiger partial charge in [-0.2, -0.15) is 16.3 Å². The highest BCUT2D eigenvalue weighted by atomic mass is 32.1. The van der Waals surface area contributed by atoms with Gasteiger partial charge in [0.15, 0.2) is 0 Å². The van der Waals surface area contributed by atoms with E-state index < -0.39 is 0 Å². The molecule has 3 rings (SSSR count). The summed E-state index contributed by atoms with van der Waals surface area (Å²) in [4.78, 5) is 9.44. The summed E-state index contributed by atoms with van der Waals surface area (Å²) < 4.78 is 10.6. The molecule has 2 aromatic heterocycles. The van der Waals surface area contributed by atoms with E-state index in [1.807, 2.05) is 16.8 Å². The lowest BCUT2D eigenvalue weighted by atomic mass is 10.1. The second-order valence-corrected chi connectivity index (χ2v) is 6.63. The van der Waals surface area contributed by atoms with Crippen LogP contribution in [0.15, 0.2) is 21.3 Å². The molecule has 6 nitrogen and oxygen atoms in total. The van der Waals surface area contributed by atoms with Crippen molar-refractivity contribution in [3.05, 3.63) is 22.7 Å². The standard InChI is InChI=1S/C16H24N4O2S/c1-3-14-10-19(5-6-20(14)7-8-21-2)11-15-17-16(18-22-15)13-4-9-23-12-13/h4,9,12,14H,3,5-8,10-11H2,1-2H3/t14-/m0/s1. The first kappa shape index (κ1) is 16.6. The van der Waals surface area contributed by atoms with E-state index >= 15 is 0 Å². The van der Waals surface area contributed by atoms with E-state index in [-0.39, 0.29) is 0 Å². The van der Waals surface area contributed by atoms with Crippen molar-refractivity contribution < 1.29 is 9.26 Å². The highest BCUT2D eigenvalue weighted by Gasteiger charge is 2.26. The molecular formula is C16H24N4O2S. The number of piperazine rings is 1. The average molecular weight is 336 g/mol. The van der Waals surface area contributed by atoms with Crippen LogP contribution in [0.4, 0.5) is 0 Å². The van der Waals surface area contributed by atoms with Gasteiger partial charge in [0.2, 0.25) is 11.7 Å². The number of nitrogens with zero attached hydrogens (tertiary/aromatic N) is 4. The van der Waals surface area contributed by atoms with Crippen LogP contribution < -0.4 is 0 Å². The first-order valence-electron chi connectivity index (χ1n) is 8.10. The highest BCUT2D eigenvalue weighted by molar-refractivity contribution is 7.08. The summed E-state index contributed by atoms with van der Waals surface area (Å²) >= 11 is 1.64. The summed E-state index contributed by atoms with van der Waals surface area (Å²) in [5, 5.41) is 8.15. The molecule has 1 aliphatic heterocycles. The Morgan fingerprint density at radius 1 is 1.43 bits per heavy atom. The molecule has 3 heterocycles. The monoisotopic (exact) mass is 336 g/mol. The Kier molecular flexibility index (Phi) is 5.77. The predicted molar refractivity (Wildman–Crippen MR) is 90.4 cm³/mol. The van der Waals surface area contributed by atoms with Crippen LogP contribution in [0.3, 0.4) is 0 Å². The number of methoxy groups -OCH3 is 1. The summed E-state index contributed by atoms with van der Waals surface area (Å²) in [6.07, 6.45) is 1.14. The predicted octanol–water partition coefficient (Wildman–Crippen LogP) is 2.34. The van der Waals surface area contributed by atoms with Crippen LogP contribution in [0.1, 0.15) is 19.2 Å². The lowest BCUT2D eigenvalue weighted by Crippen LogP contribution is -2.53. The first-order valence-corrected chi connectivity index (χ1v) is 9.05. The Bertz CT molecular complexity index is 587. The lowest BCUT2D eigenvalue weighted by molar-refractivity contribution is 0.0423. The molecule has 1 atom stereocenters. The van der Waals surface area contributed by atoms with Crippen LogP contribution in [-0.2, 0) is 11.3 Å². The van der Waals surface area contributed by atoms with E-state index in [1.165, 1.54) is 0 Å². The second kappa shape index (κ2) is 8.01. The van der Waals surface area contributed by atoms with Gasteiger partial charge in [-0.15, -0.1) is 0 Å². The number of thiophene rings is 1. The molecule has 0 radical (unpaired) electrons. The third kappa shape index (κ3) is 4.17. The van der Waals surface area contributed by atoms with Gasteiger partial charge >= 0.3 is 0 Å². The van der Waals surface area contributed by atoms with E-state index in [9.17, 15) is 0 Å². The summed E-state index contributed by atoms with van der Waals surface area (Å²) in [5.74, 6) is 1.39. The Balaban J connectivity index is 1.57.